The van der Waals surface area contributed by atoms with Crippen molar-refractivity contribution in [3.63, 3.8) is 0 Å². The van der Waals surface area contributed by atoms with Gasteiger partial charge in [0.15, 0.2) is 0 Å². The SMILES string of the molecule is C=CCNC(=O)NC(=O)CN1CCC[C@H]1C(=O)OC. The standard InChI is InChI=1S/C12H19N3O4/c1-3-6-13-12(18)14-10(16)8-15-7-4-5-9(15)11(17)19-2/h3,9H,1,4-8H2,2H3,(H2,13,14,16,18)/t9-/m0/s1. The van der Waals surface area contributed by atoms with Crippen molar-refractivity contribution in [1.29, 1.82) is 0 Å². The second-order valence-electron chi connectivity index (χ2n) is 4.20. The minimum Gasteiger partial charge on any atom is -0.468 e. The zero-order valence-electron chi connectivity index (χ0n) is 11.0. The van der Waals surface area contributed by atoms with Gasteiger partial charge < -0.3 is 10.1 Å². The number of nitrogens with zero attached hydrogens (tertiary/aromatic N) is 1. The fraction of sp³-hybridized carbons (Fsp3) is 0.583. The third kappa shape index (κ3) is 4.70. The Bertz CT molecular complexity index is 370. The quantitative estimate of drug-likeness (QED) is 0.525. The molecule has 0 bridgehead atoms. The van der Waals surface area contributed by atoms with Gasteiger partial charge in [0.25, 0.3) is 0 Å². The summed E-state index contributed by atoms with van der Waals surface area (Å²) in [5.41, 5.74) is 0. The Hall–Kier alpha value is -1.89. The van der Waals surface area contributed by atoms with Gasteiger partial charge in [0, 0.05) is 6.54 Å². The second-order valence-corrected chi connectivity index (χ2v) is 4.20. The number of rotatable bonds is 5. The van der Waals surface area contributed by atoms with E-state index in [9.17, 15) is 14.4 Å². The van der Waals surface area contributed by atoms with Crippen LogP contribution in [0, 0.1) is 0 Å². The first kappa shape index (κ1) is 15.2. The number of likely N-dealkylation sites (tertiary alicyclic amines) is 1. The lowest BCUT2D eigenvalue weighted by molar-refractivity contribution is -0.146. The van der Waals surface area contributed by atoms with Crippen molar-refractivity contribution >= 4 is 17.9 Å². The minimum atomic E-state index is -0.571. The third-order valence-corrected chi connectivity index (χ3v) is 2.84. The molecule has 0 aromatic rings. The van der Waals surface area contributed by atoms with Gasteiger partial charge in [0.1, 0.15) is 6.04 Å². The van der Waals surface area contributed by atoms with Crippen molar-refractivity contribution in [2.45, 2.75) is 18.9 Å². The molecule has 19 heavy (non-hydrogen) atoms. The van der Waals surface area contributed by atoms with Crippen LogP contribution in [-0.4, -0.2) is 55.6 Å². The van der Waals surface area contributed by atoms with Crippen LogP contribution in [0.5, 0.6) is 0 Å². The largest absolute Gasteiger partial charge is 0.468 e. The summed E-state index contributed by atoms with van der Waals surface area (Å²) in [6.07, 6.45) is 3.01. The van der Waals surface area contributed by atoms with Crippen LogP contribution >= 0.6 is 0 Å². The number of hydrogen-bond acceptors (Lipinski definition) is 5. The summed E-state index contributed by atoms with van der Waals surface area (Å²) < 4.78 is 4.68. The fourth-order valence-corrected chi connectivity index (χ4v) is 1.98. The van der Waals surface area contributed by atoms with Gasteiger partial charge in [-0.05, 0) is 19.4 Å². The van der Waals surface area contributed by atoms with Crippen molar-refractivity contribution in [1.82, 2.24) is 15.5 Å². The maximum Gasteiger partial charge on any atom is 0.323 e. The van der Waals surface area contributed by atoms with Crippen molar-refractivity contribution in [3.05, 3.63) is 12.7 Å². The number of carbonyl (C=O) groups excluding carboxylic acids is 3. The van der Waals surface area contributed by atoms with Gasteiger partial charge in [-0.1, -0.05) is 6.08 Å². The Morgan fingerprint density at radius 3 is 2.84 bits per heavy atom. The number of amides is 3. The molecule has 2 N–H and O–H groups in total. The summed E-state index contributed by atoms with van der Waals surface area (Å²) >= 11 is 0. The van der Waals surface area contributed by atoms with Crippen LogP contribution in [0.15, 0.2) is 12.7 Å². The molecule has 0 unspecified atom stereocenters. The summed E-state index contributed by atoms with van der Waals surface area (Å²) in [6, 6.07) is -0.967. The van der Waals surface area contributed by atoms with Crippen molar-refractivity contribution in [2.75, 3.05) is 26.7 Å². The maximum atomic E-state index is 11.6. The molecule has 1 aliphatic rings. The highest BCUT2D eigenvalue weighted by atomic mass is 16.5. The molecule has 3 amide bonds. The summed E-state index contributed by atoms with van der Waals surface area (Å²) in [7, 11) is 1.32. The smallest absolute Gasteiger partial charge is 0.323 e. The number of esters is 1. The molecule has 1 saturated heterocycles. The van der Waals surface area contributed by atoms with Crippen LogP contribution < -0.4 is 10.6 Å². The summed E-state index contributed by atoms with van der Waals surface area (Å²) in [4.78, 5) is 36.1. The first-order valence-corrected chi connectivity index (χ1v) is 6.09. The predicted octanol–water partition coefficient (Wildman–Crippen LogP) is -0.364. The van der Waals surface area contributed by atoms with Gasteiger partial charge in [-0.3, -0.25) is 19.8 Å². The van der Waals surface area contributed by atoms with E-state index in [1.54, 1.807) is 4.90 Å². The van der Waals surface area contributed by atoms with Crippen LogP contribution in [0.3, 0.4) is 0 Å². The highest BCUT2D eigenvalue weighted by molar-refractivity contribution is 5.95. The molecule has 0 aliphatic carbocycles. The van der Waals surface area contributed by atoms with Gasteiger partial charge in [0.05, 0.1) is 13.7 Å². The molecule has 1 rings (SSSR count). The topological polar surface area (TPSA) is 87.7 Å². The van der Waals surface area contributed by atoms with Crippen LogP contribution in [0.2, 0.25) is 0 Å². The second kappa shape index (κ2) is 7.52. The van der Waals surface area contributed by atoms with Crippen LogP contribution in [-0.2, 0) is 14.3 Å². The summed E-state index contributed by atoms with van der Waals surface area (Å²) in [5.74, 6) is -0.793. The van der Waals surface area contributed by atoms with E-state index in [2.05, 4.69) is 21.9 Å². The molecular weight excluding hydrogens is 250 g/mol. The highest BCUT2D eigenvalue weighted by Crippen LogP contribution is 2.17. The Balaban J connectivity index is 2.41. The Kier molecular flexibility index (Phi) is 6.01. The summed E-state index contributed by atoms with van der Waals surface area (Å²) in [5, 5.41) is 4.62. The van der Waals surface area contributed by atoms with E-state index in [0.29, 0.717) is 13.0 Å². The molecule has 1 heterocycles. The van der Waals surface area contributed by atoms with Gasteiger partial charge in [-0.2, -0.15) is 0 Å². The normalized spacial score (nSPS) is 18.7. The van der Waals surface area contributed by atoms with Crippen LogP contribution in [0.25, 0.3) is 0 Å². The number of ether oxygens (including phenoxy) is 1. The molecule has 1 aliphatic heterocycles. The van der Waals surface area contributed by atoms with E-state index in [4.69, 9.17) is 0 Å². The lowest BCUT2D eigenvalue weighted by Gasteiger charge is -2.21. The Labute approximate surface area is 112 Å². The van der Waals surface area contributed by atoms with Gasteiger partial charge >= 0.3 is 12.0 Å². The molecule has 106 valence electrons. The number of nitrogens with one attached hydrogen (secondary N) is 2. The maximum absolute atomic E-state index is 11.6. The lowest BCUT2D eigenvalue weighted by Crippen LogP contribution is -2.47. The first-order chi connectivity index (χ1) is 9.08. The van der Waals surface area contributed by atoms with E-state index in [1.165, 1.54) is 13.2 Å². The van der Waals surface area contributed by atoms with Gasteiger partial charge in [-0.25, -0.2) is 4.79 Å². The van der Waals surface area contributed by atoms with E-state index in [-0.39, 0.29) is 19.1 Å². The van der Waals surface area contributed by atoms with E-state index < -0.39 is 18.0 Å². The number of urea groups is 1. The summed E-state index contributed by atoms with van der Waals surface area (Å²) in [6.45, 7) is 4.37. The molecule has 0 saturated carbocycles. The monoisotopic (exact) mass is 269 g/mol. The number of methoxy groups -OCH3 is 1. The van der Waals surface area contributed by atoms with Crippen molar-refractivity contribution < 1.29 is 19.1 Å². The average molecular weight is 269 g/mol. The number of imide groups is 1. The molecule has 1 atom stereocenters. The lowest BCUT2D eigenvalue weighted by atomic mass is 10.2. The Morgan fingerprint density at radius 1 is 1.47 bits per heavy atom. The van der Waals surface area contributed by atoms with Gasteiger partial charge in [0.2, 0.25) is 5.91 Å². The fourth-order valence-electron chi connectivity index (χ4n) is 1.98. The molecule has 7 nitrogen and oxygen atoms in total. The van der Waals surface area contributed by atoms with Crippen LogP contribution in [0.1, 0.15) is 12.8 Å². The molecule has 1 fully saturated rings. The number of carbonyl (C=O) groups is 3. The molecular formula is C12H19N3O4. The molecule has 7 heteroatoms. The molecule has 0 aromatic carbocycles. The molecule has 0 radical (unpaired) electrons. The number of hydrogen-bond donors (Lipinski definition) is 2. The Morgan fingerprint density at radius 2 is 2.21 bits per heavy atom. The first-order valence-electron chi connectivity index (χ1n) is 6.09. The third-order valence-electron chi connectivity index (χ3n) is 2.84. The van der Waals surface area contributed by atoms with Crippen molar-refractivity contribution in [2.24, 2.45) is 0 Å². The zero-order valence-corrected chi connectivity index (χ0v) is 11.0. The van der Waals surface area contributed by atoms with Crippen molar-refractivity contribution in [3.8, 4) is 0 Å². The van der Waals surface area contributed by atoms with E-state index in [1.807, 2.05) is 0 Å². The minimum absolute atomic E-state index is 0.00127. The van der Waals surface area contributed by atoms with Gasteiger partial charge in [-0.15, -0.1) is 6.58 Å². The van der Waals surface area contributed by atoms with Crippen LogP contribution in [0.4, 0.5) is 4.79 Å². The molecule has 0 spiro atoms. The highest BCUT2D eigenvalue weighted by Gasteiger charge is 2.32. The average Bonchev–Trinajstić information content (AvgIpc) is 2.83. The zero-order chi connectivity index (χ0) is 14.3. The van der Waals surface area contributed by atoms with E-state index >= 15 is 0 Å². The predicted molar refractivity (Wildman–Crippen MR) is 68.3 cm³/mol. The van der Waals surface area contributed by atoms with E-state index in [0.717, 1.165) is 6.42 Å². The molecule has 0 aromatic heterocycles.